The number of hydrogen-bond donors (Lipinski definition) is 2. The number of para-hydroxylation sites is 1. The molecule has 0 saturated carbocycles. The number of hydrogen-bond acceptors (Lipinski definition) is 4. The number of carboxylic acids is 1. The maximum atomic E-state index is 12.2. The number of carbonyl (C=O) groups is 1. The lowest BCUT2D eigenvalue weighted by Gasteiger charge is -2.42. The first-order valence-electron chi connectivity index (χ1n) is 10.3. The molecule has 6 nitrogen and oxygen atoms in total. The zero-order valence-electron chi connectivity index (χ0n) is 17.1. The molecule has 2 aromatic carbocycles. The maximum Gasteiger partial charge on any atom is 0.312 e. The van der Waals surface area contributed by atoms with Crippen molar-refractivity contribution in [3.05, 3.63) is 83.7 Å². The third kappa shape index (κ3) is 4.01. The van der Waals surface area contributed by atoms with Gasteiger partial charge in [-0.25, -0.2) is 4.68 Å². The van der Waals surface area contributed by atoms with E-state index in [0.717, 1.165) is 22.4 Å². The molecule has 1 saturated heterocycles. The predicted octanol–water partition coefficient (Wildman–Crippen LogP) is 3.06. The van der Waals surface area contributed by atoms with E-state index in [1.807, 2.05) is 65.6 Å². The Morgan fingerprint density at radius 1 is 1.13 bits per heavy atom. The first-order chi connectivity index (χ1) is 14.5. The molecular formula is C24H27N3O3. The van der Waals surface area contributed by atoms with Crippen molar-refractivity contribution in [1.29, 1.82) is 0 Å². The number of carboxylic acid groups (broad SMARTS) is 1. The average molecular weight is 405 g/mol. The lowest BCUT2D eigenvalue weighted by Crippen LogP contribution is -2.55. The molecule has 1 fully saturated rings. The van der Waals surface area contributed by atoms with Gasteiger partial charge < -0.3 is 10.2 Å². The summed E-state index contributed by atoms with van der Waals surface area (Å²) in [6.07, 6.45) is 3.64. The summed E-state index contributed by atoms with van der Waals surface area (Å²) in [5.74, 6) is -0.925. The quantitative estimate of drug-likeness (QED) is 0.659. The van der Waals surface area contributed by atoms with E-state index >= 15 is 0 Å². The van der Waals surface area contributed by atoms with Gasteiger partial charge >= 0.3 is 5.97 Å². The van der Waals surface area contributed by atoms with Crippen LogP contribution in [-0.2, 0) is 17.8 Å². The number of nitrogens with zero attached hydrogens (tertiary/aromatic N) is 3. The molecule has 156 valence electrons. The van der Waals surface area contributed by atoms with E-state index in [4.69, 9.17) is 0 Å². The van der Waals surface area contributed by atoms with Gasteiger partial charge in [0, 0.05) is 24.8 Å². The topological polar surface area (TPSA) is 78.6 Å². The van der Waals surface area contributed by atoms with Crippen LogP contribution in [-0.4, -0.2) is 50.1 Å². The van der Waals surface area contributed by atoms with Gasteiger partial charge in [0.25, 0.3) is 0 Å². The molecule has 4 rings (SSSR count). The summed E-state index contributed by atoms with van der Waals surface area (Å²) in [4.78, 5) is 14.3. The van der Waals surface area contributed by atoms with E-state index in [1.54, 1.807) is 0 Å². The molecule has 6 heteroatoms. The molecule has 0 amide bonds. The van der Waals surface area contributed by atoms with Crippen LogP contribution in [0, 0.1) is 12.3 Å². The van der Waals surface area contributed by atoms with E-state index in [0.29, 0.717) is 32.5 Å². The smallest absolute Gasteiger partial charge is 0.312 e. The Bertz CT molecular complexity index is 1020. The second kappa shape index (κ2) is 8.42. The highest BCUT2D eigenvalue weighted by atomic mass is 16.4. The van der Waals surface area contributed by atoms with Crippen LogP contribution in [0.5, 0.6) is 0 Å². The molecule has 0 unspecified atom stereocenters. The Balaban J connectivity index is 1.45. The summed E-state index contributed by atoms with van der Waals surface area (Å²) in [5.41, 5.74) is 3.01. The lowest BCUT2D eigenvalue weighted by molar-refractivity contribution is -0.163. The van der Waals surface area contributed by atoms with Crippen LogP contribution in [0.4, 0.5) is 0 Å². The third-order valence-electron chi connectivity index (χ3n) is 6.14. The molecule has 2 N–H and O–H groups in total. The molecule has 0 spiro atoms. The van der Waals surface area contributed by atoms with Gasteiger partial charge in [-0.3, -0.25) is 9.69 Å². The standard InChI is InChI=1S/C24H27N3O3/c1-18-7-5-6-10-21(18)27-16-20(14-25-27)15-26-12-11-24(23(29)30,22(28)17-26)13-19-8-3-2-4-9-19/h2-10,14,16,22,28H,11-13,15,17H2,1H3,(H,29,30)/t22-,24+/m0/s1. The fourth-order valence-corrected chi connectivity index (χ4v) is 4.32. The Morgan fingerprint density at radius 2 is 1.87 bits per heavy atom. The Hall–Kier alpha value is -2.96. The highest BCUT2D eigenvalue weighted by molar-refractivity contribution is 5.76. The van der Waals surface area contributed by atoms with Crippen molar-refractivity contribution in [2.24, 2.45) is 5.41 Å². The minimum absolute atomic E-state index is 0.328. The predicted molar refractivity (Wildman–Crippen MR) is 114 cm³/mol. The van der Waals surface area contributed by atoms with Crippen molar-refractivity contribution in [2.45, 2.75) is 32.4 Å². The number of likely N-dealkylation sites (tertiary alicyclic amines) is 1. The summed E-state index contributed by atoms with van der Waals surface area (Å²) in [6.45, 7) is 3.63. The molecule has 1 aliphatic heterocycles. The number of aryl methyl sites for hydroxylation is 1. The molecular weight excluding hydrogens is 378 g/mol. The Morgan fingerprint density at radius 3 is 2.57 bits per heavy atom. The van der Waals surface area contributed by atoms with E-state index in [-0.39, 0.29) is 0 Å². The van der Waals surface area contributed by atoms with Gasteiger partial charge in [-0.1, -0.05) is 48.5 Å². The van der Waals surface area contributed by atoms with Gasteiger partial charge in [0.2, 0.25) is 0 Å². The Kier molecular flexibility index (Phi) is 5.70. The largest absolute Gasteiger partial charge is 0.481 e. The van der Waals surface area contributed by atoms with Crippen LogP contribution in [0.25, 0.3) is 5.69 Å². The monoisotopic (exact) mass is 405 g/mol. The zero-order chi connectivity index (χ0) is 21.1. The summed E-state index contributed by atoms with van der Waals surface area (Å²) in [7, 11) is 0. The fourth-order valence-electron chi connectivity index (χ4n) is 4.32. The fraction of sp³-hybridized carbons (Fsp3) is 0.333. The number of piperidine rings is 1. The van der Waals surface area contributed by atoms with Crippen LogP contribution in [0.1, 0.15) is 23.1 Å². The van der Waals surface area contributed by atoms with Crippen molar-refractivity contribution >= 4 is 5.97 Å². The molecule has 2 heterocycles. The van der Waals surface area contributed by atoms with Gasteiger partial charge in [0.05, 0.1) is 18.0 Å². The van der Waals surface area contributed by atoms with Crippen LogP contribution in [0.15, 0.2) is 67.0 Å². The number of rotatable bonds is 6. The highest BCUT2D eigenvalue weighted by Gasteiger charge is 2.48. The van der Waals surface area contributed by atoms with Crippen molar-refractivity contribution < 1.29 is 15.0 Å². The van der Waals surface area contributed by atoms with Crippen LogP contribution in [0.3, 0.4) is 0 Å². The first kappa shape index (κ1) is 20.3. The van der Waals surface area contributed by atoms with Crippen LogP contribution in [0.2, 0.25) is 0 Å². The van der Waals surface area contributed by atoms with Gasteiger partial charge in [-0.05, 0) is 43.5 Å². The maximum absolute atomic E-state index is 12.2. The van der Waals surface area contributed by atoms with Crippen LogP contribution < -0.4 is 0 Å². The molecule has 1 aromatic heterocycles. The van der Waals surface area contributed by atoms with Crippen molar-refractivity contribution in [2.75, 3.05) is 13.1 Å². The van der Waals surface area contributed by atoms with Crippen molar-refractivity contribution in [1.82, 2.24) is 14.7 Å². The zero-order valence-corrected chi connectivity index (χ0v) is 17.1. The number of β-amino-alcohol motifs (C(OH)–C–C–N with tert-alkyl or cyclic N) is 1. The number of aliphatic hydroxyl groups excluding tert-OH is 1. The summed E-state index contributed by atoms with van der Waals surface area (Å²) < 4.78 is 1.86. The number of aliphatic hydroxyl groups is 1. The molecule has 2 atom stereocenters. The number of aliphatic carboxylic acids is 1. The second-order valence-corrected chi connectivity index (χ2v) is 8.20. The van der Waals surface area contributed by atoms with Crippen LogP contribution >= 0.6 is 0 Å². The summed E-state index contributed by atoms with van der Waals surface area (Å²) in [5, 5.41) is 25.3. The van der Waals surface area contributed by atoms with Gasteiger partial charge in [0.15, 0.2) is 0 Å². The number of benzene rings is 2. The van der Waals surface area contributed by atoms with Crippen molar-refractivity contribution in [3.8, 4) is 5.69 Å². The summed E-state index contributed by atoms with van der Waals surface area (Å²) >= 11 is 0. The van der Waals surface area contributed by atoms with Gasteiger partial charge in [-0.2, -0.15) is 5.10 Å². The minimum Gasteiger partial charge on any atom is -0.481 e. The average Bonchev–Trinajstić information content (AvgIpc) is 3.19. The molecule has 0 radical (unpaired) electrons. The van der Waals surface area contributed by atoms with E-state index in [9.17, 15) is 15.0 Å². The van der Waals surface area contributed by atoms with Gasteiger partial charge in [-0.15, -0.1) is 0 Å². The molecule has 3 aromatic rings. The molecule has 0 bridgehead atoms. The molecule has 0 aliphatic carbocycles. The van der Waals surface area contributed by atoms with Gasteiger partial charge in [0.1, 0.15) is 5.41 Å². The lowest BCUT2D eigenvalue weighted by atomic mass is 9.71. The van der Waals surface area contributed by atoms with E-state index in [1.165, 1.54) is 0 Å². The molecule has 1 aliphatic rings. The molecule has 30 heavy (non-hydrogen) atoms. The van der Waals surface area contributed by atoms with Crippen molar-refractivity contribution in [3.63, 3.8) is 0 Å². The Labute approximate surface area is 176 Å². The minimum atomic E-state index is -1.15. The second-order valence-electron chi connectivity index (χ2n) is 8.20. The number of aromatic nitrogens is 2. The summed E-state index contributed by atoms with van der Waals surface area (Å²) in [6, 6.07) is 17.6. The first-order valence-corrected chi connectivity index (χ1v) is 10.3. The van der Waals surface area contributed by atoms with E-state index in [2.05, 4.69) is 23.0 Å². The third-order valence-corrected chi connectivity index (χ3v) is 6.14. The SMILES string of the molecule is Cc1ccccc1-n1cc(CN2CC[C@](Cc3ccccc3)(C(=O)O)[C@@H](O)C2)cn1. The van der Waals surface area contributed by atoms with E-state index < -0.39 is 17.5 Å². The normalized spacial score (nSPS) is 22.1. The highest BCUT2D eigenvalue weighted by Crippen LogP contribution is 2.36.